The lowest BCUT2D eigenvalue weighted by Crippen LogP contribution is -2.16. The lowest BCUT2D eigenvalue weighted by Gasteiger charge is -2.13. The highest BCUT2D eigenvalue weighted by molar-refractivity contribution is 7.71. The van der Waals surface area contributed by atoms with E-state index in [1.165, 1.54) is 16.8 Å². The van der Waals surface area contributed by atoms with Gasteiger partial charge in [-0.2, -0.15) is 0 Å². The molecule has 0 saturated heterocycles. The number of hydrogen-bond donors (Lipinski definition) is 3. The van der Waals surface area contributed by atoms with Crippen molar-refractivity contribution in [3.8, 4) is 0 Å². The zero-order valence-corrected chi connectivity index (χ0v) is 12.1. The van der Waals surface area contributed by atoms with Gasteiger partial charge in [0.15, 0.2) is 4.77 Å². The molecular weight excluding hydrogens is 268 g/mol. The van der Waals surface area contributed by atoms with Crippen LogP contribution >= 0.6 is 12.2 Å². The predicted molar refractivity (Wildman–Crippen MR) is 83.5 cm³/mol. The number of H-pyrrole nitrogens is 1. The van der Waals surface area contributed by atoms with Gasteiger partial charge in [0.2, 0.25) is 0 Å². The number of nitrogens with one attached hydrogen (secondary N) is 3. The summed E-state index contributed by atoms with van der Waals surface area (Å²) in [6, 6.07) is 10.3. The van der Waals surface area contributed by atoms with E-state index in [-0.39, 0.29) is 0 Å². The summed E-state index contributed by atoms with van der Waals surface area (Å²) in [4.78, 5) is 7.69. The van der Waals surface area contributed by atoms with E-state index in [1.807, 2.05) is 18.2 Å². The average Bonchev–Trinajstić information content (AvgIpc) is 2.71. The van der Waals surface area contributed by atoms with Gasteiger partial charge in [-0.1, -0.05) is 30.3 Å². The summed E-state index contributed by atoms with van der Waals surface area (Å²) in [6.07, 6.45) is 1.95. The smallest absolute Gasteiger partial charge is 0.198 e. The standard InChI is InChI=1S/C15H18N4S/c20-15-18-13-7-9-16-8-6-12(13)14(19-15)17-10-11-4-2-1-3-5-11/h1-5,16H,6-10H2,(H2,17,18,19,20). The van der Waals surface area contributed by atoms with E-state index in [0.717, 1.165) is 38.3 Å². The number of rotatable bonds is 3. The van der Waals surface area contributed by atoms with Crippen LogP contribution in [0.1, 0.15) is 16.8 Å². The van der Waals surface area contributed by atoms with Crippen LogP contribution < -0.4 is 10.6 Å². The summed E-state index contributed by atoms with van der Waals surface area (Å²) in [5.41, 5.74) is 3.72. The minimum absolute atomic E-state index is 0.557. The maximum absolute atomic E-state index is 5.23. The third-order valence-electron chi connectivity index (χ3n) is 3.53. The van der Waals surface area contributed by atoms with Crippen LogP contribution in [-0.2, 0) is 19.4 Å². The molecule has 0 spiro atoms. The number of benzene rings is 1. The molecule has 0 unspecified atom stereocenters. The van der Waals surface area contributed by atoms with E-state index in [1.54, 1.807) is 0 Å². The number of anilines is 1. The molecule has 1 aliphatic heterocycles. The molecule has 5 heteroatoms. The molecule has 1 aromatic heterocycles. The third kappa shape index (κ3) is 3.05. The van der Waals surface area contributed by atoms with Crippen molar-refractivity contribution in [3.05, 3.63) is 51.9 Å². The Hall–Kier alpha value is -1.72. The predicted octanol–water partition coefficient (Wildman–Crippen LogP) is 2.44. The molecule has 0 amide bonds. The van der Waals surface area contributed by atoms with E-state index in [9.17, 15) is 0 Å². The molecule has 104 valence electrons. The van der Waals surface area contributed by atoms with E-state index in [2.05, 4.69) is 32.7 Å². The number of aromatic nitrogens is 2. The maximum atomic E-state index is 5.23. The van der Waals surface area contributed by atoms with E-state index in [0.29, 0.717) is 4.77 Å². The van der Waals surface area contributed by atoms with Gasteiger partial charge in [0, 0.05) is 30.8 Å². The molecule has 3 N–H and O–H groups in total. The van der Waals surface area contributed by atoms with Crippen molar-refractivity contribution in [2.75, 3.05) is 18.4 Å². The molecule has 1 aromatic carbocycles. The minimum atomic E-state index is 0.557. The molecule has 2 aromatic rings. The van der Waals surface area contributed by atoms with Gasteiger partial charge < -0.3 is 15.6 Å². The lowest BCUT2D eigenvalue weighted by atomic mass is 10.1. The third-order valence-corrected chi connectivity index (χ3v) is 3.72. The Labute approximate surface area is 123 Å². The van der Waals surface area contributed by atoms with Gasteiger partial charge in [-0.05, 0) is 30.7 Å². The number of aromatic amines is 1. The fourth-order valence-electron chi connectivity index (χ4n) is 2.51. The maximum Gasteiger partial charge on any atom is 0.198 e. The Morgan fingerprint density at radius 2 is 1.95 bits per heavy atom. The molecule has 1 aliphatic rings. The monoisotopic (exact) mass is 286 g/mol. The highest BCUT2D eigenvalue weighted by Crippen LogP contribution is 2.19. The molecule has 4 nitrogen and oxygen atoms in total. The fourth-order valence-corrected chi connectivity index (χ4v) is 2.72. The summed E-state index contributed by atoms with van der Waals surface area (Å²) in [5.74, 6) is 0.927. The zero-order chi connectivity index (χ0) is 13.8. The topological polar surface area (TPSA) is 52.7 Å². The Kier molecular flexibility index (Phi) is 4.08. The van der Waals surface area contributed by atoms with E-state index < -0.39 is 0 Å². The molecule has 2 heterocycles. The first kappa shape index (κ1) is 13.3. The Balaban J connectivity index is 1.85. The lowest BCUT2D eigenvalue weighted by molar-refractivity contribution is 0.708. The quantitative estimate of drug-likeness (QED) is 0.759. The van der Waals surface area contributed by atoms with Crippen LogP contribution in [0.3, 0.4) is 0 Å². The Bertz CT molecular complexity index is 636. The number of fused-ring (bicyclic) bond motifs is 1. The van der Waals surface area contributed by atoms with Crippen molar-refractivity contribution in [1.82, 2.24) is 15.3 Å². The molecule has 20 heavy (non-hydrogen) atoms. The van der Waals surface area contributed by atoms with Gasteiger partial charge in [0.25, 0.3) is 0 Å². The van der Waals surface area contributed by atoms with E-state index >= 15 is 0 Å². The molecule has 0 atom stereocenters. The molecule has 3 rings (SSSR count). The van der Waals surface area contributed by atoms with Crippen LogP contribution in [0.15, 0.2) is 30.3 Å². The zero-order valence-electron chi connectivity index (χ0n) is 11.3. The van der Waals surface area contributed by atoms with Gasteiger partial charge in [-0.25, -0.2) is 4.98 Å². The number of hydrogen-bond acceptors (Lipinski definition) is 4. The molecule has 0 saturated carbocycles. The fraction of sp³-hybridized carbons (Fsp3) is 0.333. The minimum Gasteiger partial charge on any atom is -0.366 e. The normalized spacial score (nSPS) is 14.4. The van der Waals surface area contributed by atoms with Crippen LogP contribution in [0, 0.1) is 4.77 Å². The van der Waals surface area contributed by atoms with E-state index in [4.69, 9.17) is 12.2 Å². The van der Waals surface area contributed by atoms with Crippen molar-refractivity contribution in [3.63, 3.8) is 0 Å². The van der Waals surface area contributed by atoms with Crippen molar-refractivity contribution < 1.29 is 0 Å². The SMILES string of the molecule is S=c1nc(NCc2ccccc2)c2c([nH]1)CCNCC2. The van der Waals surface area contributed by atoms with Crippen LogP contribution in [0.25, 0.3) is 0 Å². The number of nitrogens with zero attached hydrogens (tertiary/aromatic N) is 1. The van der Waals surface area contributed by atoms with Crippen LogP contribution in [0.5, 0.6) is 0 Å². The molecule has 0 radical (unpaired) electrons. The van der Waals surface area contributed by atoms with Gasteiger partial charge in [-0.3, -0.25) is 0 Å². The second-order valence-electron chi connectivity index (χ2n) is 4.94. The van der Waals surface area contributed by atoms with Gasteiger partial charge in [-0.15, -0.1) is 0 Å². The summed E-state index contributed by atoms with van der Waals surface area (Å²) >= 11 is 5.23. The first-order valence-corrected chi connectivity index (χ1v) is 7.34. The van der Waals surface area contributed by atoms with Crippen molar-refractivity contribution >= 4 is 18.0 Å². The molecule has 0 bridgehead atoms. The first-order chi connectivity index (χ1) is 9.83. The highest BCUT2D eigenvalue weighted by atomic mass is 32.1. The Morgan fingerprint density at radius 1 is 1.15 bits per heavy atom. The van der Waals surface area contributed by atoms with Crippen LogP contribution in [0.4, 0.5) is 5.82 Å². The average molecular weight is 286 g/mol. The Morgan fingerprint density at radius 3 is 2.80 bits per heavy atom. The van der Waals surface area contributed by atoms with Gasteiger partial charge >= 0.3 is 0 Å². The summed E-state index contributed by atoms with van der Waals surface area (Å²) < 4.78 is 0.557. The van der Waals surface area contributed by atoms with Gasteiger partial charge in [0.1, 0.15) is 5.82 Å². The molecular formula is C15H18N4S. The van der Waals surface area contributed by atoms with Crippen molar-refractivity contribution in [1.29, 1.82) is 0 Å². The molecule has 0 aliphatic carbocycles. The van der Waals surface area contributed by atoms with Crippen molar-refractivity contribution in [2.24, 2.45) is 0 Å². The van der Waals surface area contributed by atoms with Crippen LogP contribution in [0.2, 0.25) is 0 Å². The second kappa shape index (κ2) is 6.15. The second-order valence-corrected chi connectivity index (χ2v) is 5.32. The largest absolute Gasteiger partial charge is 0.366 e. The summed E-state index contributed by atoms with van der Waals surface area (Å²) in [6.45, 7) is 2.74. The first-order valence-electron chi connectivity index (χ1n) is 6.93. The van der Waals surface area contributed by atoms with Gasteiger partial charge in [0.05, 0.1) is 0 Å². The van der Waals surface area contributed by atoms with Crippen LogP contribution in [-0.4, -0.2) is 23.1 Å². The summed E-state index contributed by atoms with van der Waals surface area (Å²) in [5, 5.41) is 6.84. The highest BCUT2D eigenvalue weighted by Gasteiger charge is 2.13. The summed E-state index contributed by atoms with van der Waals surface area (Å²) in [7, 11) is 0. The van der Waals surface area contributed by atoms with Crippen molar-refractivity contribution in [2.45, 2.75) is 19.4 Å². The molecule has 0 fully saturated rings.